The second kappa shape index (κ2) is 10.7. The van der Waals surface area contributed by atoms with Crippen LogP contribution in [0.2, 0.25) is 0 Å². The molecule has 29 heavy (non-hydrogen) atoms. The van der Waals surface area contributed by atoms with Crippen LogP contribution < -0.4 is 15.0 Å². The molecule has 1 aromatic carbocycles. The zero-order valence-electron chi connectivity index (χ0n) is 17.6. The van der Waals surface area contributed by atoms with Crippen molar-refractivity contribution >= 4 is 11.8 Å². The Morgan fingerprint density at radius 3 is 2.69 bits per heavy atom. The molecular weight excluding hydrogens is 366 g/mol. The molecule has 156 valence electrons. The summed E-state index contributed by atoms with van der Waals surface area (Å²) >= 11 is 0. The number of methoxy groups -OCH3 is 1. The molecular formula is C22H31N5O2. The van der Waals surface area contributed by atoms with Gasteiger partial charge < -0.3 is 24.6 Å². The van der Waals surface area contributed by atoms with E-state index in [4.69, 9.17) is 14.5 Å². The van der Waals surface area contributed by atoms with Crippen molar-refractivity contribution in [3.8, 4) is 5.75 Å². The highest BCUT2D eigenvalue weighted by Crippen LogP contribution is 2.19. The fourth-order valence-electron chi connectivity index (χ4n) is 3.32. The molecule has 3 rings (SSSR count). The zero-order valence-corrected chi connectivity index (χ0v) is 17.6. The Balaban J connectivity index is 1.71. The normalized spacial score (nSPS) is 14.6. The van der Waals surface area contributed by atoms with Gasteiger partial charge >= 0.3 is 0 Å². The number of aromatic nitrogens is 1. The molecule has 0 atom stereocenters. The van der Waals surface area contributed by atoms with Crippen LogP contribution >= 0.6 is 0 Å². The van der Waals surface area contributed by atoms with Crippen molar-refractivity contribution in [3.05, 3.63) is 53.7 Å². The second-order valence-corrected chi connectivity index (χ2v) is 6.96. The Bertz CT molecular complexity index is 788. The minimum atomic E-state index is 0.579. The summed E-state index contributed by atoms with van der Waals surface area (Å²) < 4.78 is 10.7. The summed E-state index contributed by atoms with van der Waals surface area (Å²) in [7, 11) is 3.73. The van der Waals surface area contributed by atoms with E-state index in [2.05, 4.69) is 52.3 Å². The summed E-state index contributed by atoms with van der Waals surface area (Å²) in [5.41, 5.74) is 2.33. The SMILES string of the molecule is CCNC(=NCc1cccnc1N1CCOCC1)N(C)Cc1ccc(OC)cc1. The van der Waals surface area contributed by atoms with E-state index in [1.165, 1.54) is 5.56 Å². The van der Waals surface area contributed by atoms with Crippen molar-refractivity contribution in [2.75, 3.05) is 51.9 Å². The topological polar surface area (TPSA) is 62.2 Å². The van der Waals surface area contributed by atoms with E-state index in [1.807, 2.05) is 24.4 Å². The molecule has 0 unspecified atom stereocenters. The lowest BCUT2D eigenvalue weighted by atomic mass is 10.2. The van der Waals surface area contributed by atoms with Crippen molar-refractivity contribution in [1.29, 1.82) is 0 Å². The van der Waals surface area contributed by atoms with Gasteiger partial charge in [0.05, 0.1) is 26.9 Å². The molecule has 7 nitrogen and oxygen atoms in total. The summed E-state index contributed by atoms with van der Waals surface area (Å²) in [6.45, 7) is 7.46. The van der Waals surface area contributed by atoms with Gasteiger partial charge in [0.25, 0.3) is 0 Å². The maximum absolute atomic E-state index is 5.47. The van der Waals surface area contributed by atoms with Crippen LogP contribution in [0.3, 0.4) is 0 Å². The molecule has 1 aromatic heterocycles. The summed E-state index contributed by atoms with van der Waals surface area (Å²) in [6, 6.07) is 12.2. The van der Waals surface area contributed by atoms with E-state index in [1.54, 1.807) is 7.11 Å². The highest BCUT2D eigenvalue weighted by Gasteiger charge is 2.16. The second-order valence-electron chi connectivity index (χ2n) is 6.96. The quantitative estimate of drug-likeness (QED) is 0.572. The lowest BCUT2D eigenvalue weighted by Crippen LogP contribution is -2.39. The molecule has 2 heterocycles. The Morgan fingerprint density at radius 2 is 2.00 bits per heavy atom. The van der Waals surface area contributed by atoms with Crippen LogP contribution in [0.25, 0.3) is 0 Å². The van der Waals surface area contributed by atoms with E-state index in [0.29, 0.717) is 6.54 Å². The third-order valence-electron chi connectivity index (χ3n) is 4.85. The molecule has 1 aliphatic heterocycles. The van der Waals surface area contributed by atoms with Gasteiger partial charge in [0.1, 0.15) is 11.6 Å². The first-order valence-corrected chi connectivity index (χ1v) is 10.1. The van der Waals surface area contributed by atoms with Crippen molar-refractivity contribution < 1.29 is 9.47 Å². The van der Waals surface area contributed by atoms with E-state index in [-0.39, 0.29) is 0 Å². The maximum Gasteiger partial charge on any atom is 0.194 e. The standard InChI is InChI=1S/C22H31N5O2/c1-4-23-22(26(2)17-18-7-9-20(28-3)10-8-18)25-16-19-6-5-11-24-21(19)27-12-14-29-15-13-27/h5-11H,4,12-17H2,1-3H3,(H,23,25). The number of aliphatic imine (C=N–C) groups is 1. The number of nitrogens with zero attached hydrogens (tertiary/aromatic N) is 4. The van der Waals surface area contributed by atoms with Crippen molar-refractivity contribution in [1.82, 2.24) is 15.2 Å². The fraction of sp³-hybridized carbons (Fsp3) is 0.455. The molecule has 1 fully saturated rings. The van der Waals surface area contributed by atoms with E-state index in [0.717, 1.165) is 62.5 Å². The Morgan fingerprint density at radius 1 is 1.24 bits per heavy atom. The van der Waals surface area contributed by atoms with E-state index < -0.39 is 0 Å². The lowest BCUT2D eigenvalue weighted by Gasteiger charge is -2.29. The van der Waals surface area contributed by atoms with Gasteiger partial charge in [0.2, 0.25) is 0 Å². The number of nitrogens with one attached hydrogen (secondary N) is 1. The molecule has 1 N–H and O–H groups in total. The van der Waals surface area contributed by atoms with Gasteiger partial charge in [0, 0.05) is 45.0 Å². The summed E-state index contributed by atoms with van der Waals surface area (Å²) in [5.74, 6) is 2.75. The molecule has 1 aliphatic rings. The zero-order chi connectivity index (χ0) is 20.5. The minimum Gasteiger partial charge on any atom is -0.497 e. The predicted molar refractivity (Wildman–Crippen MR) is 117 cm³/mol. The fourth-order valence-corrected chi connectivity index (χ4v) is 3.32. The van der Waals surface area contributed by atoms with E-state index in [9.17, 15) is 0 Å². The van der Waals surface area contributed by atoms with Gasteiger partial charge in [-0.15, -0.1) is 0 Å². The number of morpholine rings is 1. The lowest BCUT2D eigenvalue weighted by molar-refractivity contribution is 0.122. The van der Waals surface area contributed by atoms with Crippen molar-refractivity contribution in [2.24, 2.45) is 4.99 Å². The largest absolute Gasteiger partial charge is 0.497 e. The summed E-state index contributed by atoms with van der Waals surface area (Å²) in [5, 5.41) is 3.39. The highest BCUT2D eigenvalue weighted by molar-refractivity contribution is 5.79. The average molecular weight is 398 g/mol. The Kier molecular flexibility index (Phi) is 7.69. The van der Waals surface area contributed by atoms with Gasteiger partial charge in [-0.25, -0.2) is 9.98 Å². The van der Waals surface area contributed by atoms with Crippen LogP contribution in [0.4, 0.5) is 5.82 Å². The molecule has 0 radical (unpaired) electrons. The molecule has 0 amide bonds. The highest BCUT2D eigenvalue weighted by atomic mass is 16.5. The van der Waals surface area contributed by atoms with E-state index >= 15 is 0 Å². The Hall–Kier alpha value is -2.80. The first-order valence-electron chi connectivity index (χ1n) is 10.1. The summed E-state index contributed by atoms with van der Waals surface area (Å²) in [4.78, 5) is 13.9. The van der Waals surface area contributed by atoms with Gasteiger partial charge in [-0.05, 0) is 30.7 Å². The molecule has 0 aliphatic carbocycles. The monoisotopic (exact) mass is 397 g/mol. The van der Waals surface area contributed by atoms with Crippen LogP contribution in [0.15, 0.2) is 47.6 Å². The van der Waals surface area contributed by atoms with Crippen LogP contribution in [-0.2, 0) is 17.8 Å². The number of rotatable bonds is 7. The van der Waals surface area contributed by atoms with Crippen LogP contribution in [-0.4, -0.2) is 62.8 Å². The number of anilines is 1. The molecule has 1 saturated heterocycles. The number of ether oxygens (including phenoxy) is 2. The maximum atomic E-state index is 5.47. The smallest absolute Gasteiger partial charge is 0.194 e. The molecule has 2 aromatic rings. The first kappa shape index (κ1) is 20.9. The number of pyridine rings is 1. The van der Waals surface area contributed by atoms with Gasteiger partial charge in [0.15, 0.2) is 5.96 Å². The van der Waals surface area contributed by atoms with Gasteiger partial charge in [-0.1, -0.05) is 18.2 Å². The van der Waals surface area contributed by atoms with Gasteiger partial charge in [-0.2, -0.15) is 0 Å². The Labute approximate surface area is 173 Å². The third kappa shape index (κ3) is 5.84. The molecule has 0 saturated carbocycles. The average Bonchev–Trinajstić information content (AvgIpc) is 2.78. The molecule has 7 heteroatoms. The van der Waals surface area contributed by atoms with Crippen LogP contribution in [0.1, 0.15) is 18.1 Å². The molecule has 0 bridgehead atoms. The van der Waals surface area contributed by atoms with Crippen LogP contribution in [0, 0.1) is 0 Å². The van der Waals surface area contributed by atoms with Crippen molar-refractivity contribution in [3.63, 3.8) is 0 Å². The predicted octanol–water partition coefficient (Wildman–Crippen LogP) is 2.52. The molecule has 0 spiro atoms. The van der Waals surface area contributed by atoms with Crippen molar-refractivity contribution in [2.45, 2.75) is 20.0 Å². The first-order chi connectivity index (χ1) is 14.2. The van der Waals surface area contributed by atoms with Gasteiger partial charge in [-0.3, -0.25) is 0 Å². The van der Waals surface area contributed by atoms with Crippen LogP contribution in [0.5, 0.6) is 5.75 Å². The number of guanidine groups is 1. The third-order valence-corrected chi connectivity index (χ3v) is 4.85. The minimum absolute atomic E-state index is 0.579. The summed E-state index contributed by atoms with van der Waals surface area (Å²) in [6.07, 6.45) is 1.85. The number of hydrogen-bond acceptors (Lipinski definition) is 5. The number of benzene rings is 1. The number of hydrogen-bond donors (Lipinski definition) is 1.